The highest BCUT2D eigenvalue weighted by Gasteiger charge is 2.23. The number of hydrogen-bond donors (Lipinski definition) is 0. The fraction of sp³-hybridized carbons (Fsp3) is 0.235. The molecule has 1 saturated heterocycles. The van der Waals surface area contributed by atoms with Gasteiger partial charge in [0.2, 0.25) is 0 Å². The smallest absolute Gasteiger partial charge is 0.253 e. The highest BCUT2D eigenvalue weighted by Crippen LogP contribution is 2.26. The van der Waals surface area contributed by atoms with E-state index in [1.807, 2.05) is 24.3 Å². The molecule has 0 spiro atoms. The van der Waals surface area contributed by atoms with Gasteiger partial charge in [0.05, 0.1) is 10.7 Å². The highest BCUT2D eigenvalue weighted by atomic mass is 35.5. The highest BCUT2D eigenvalue weighted by molar-refractivity contribution is 6.33. The molecule has 1 aliphatic rings. The van der Waals surface area contributed by atoms with Crippen molar-refractivity contribution in [2.24, 2.45) is 0 Å². The average molecular weight is 319 g/mol. The van der Waals surface area contributed by atoms with Crippen molar-refractivity contribution in [1.82, 2.24) is 4.90 Å². The van der Waals surface area contributed by atoms with Crippen LogP contribution in [0.25, 0.3) is 0 Å². The van der Waals surface area contributed by atoms with Gasteiger partial charge in [0.15, 0.2) is 0 Å². The van der Waals surface area contributed by atoms with Crippen LogP contribution >= 0.6 is 11.6 Å². The number of rotatable bonds is 2. The van der Waals surface area contributed by atoms with E-state index >= 15 is 0 Å². The fourth-order valence-corrected chi connectivity index (χ4v) is 2.89. The number of amides is 1. The third-order valence-electron chi connectivity index (χ3n) is 3.85. The molecule has 0 atom stereocenters. The Morgan fingerprint density at radius 2 is 1.59 bits per heavy atom. The van der Waals surface area contributed by atoms with Crippen LogP contribution in [-0.4, -0.2) is 37.0 Å². The first kappa shape index (κ1) is 14.9. The Kier molecular flexibility index (Phi) is 4.29. The van der Waals surface area contributed by atoms with E-state index in [0.717, 1.165) is 23.8 Å². The maximum absolute atomic E-state index is 12.9. The van der Waals surface area contributed by atoms with Gasteiger partial charge in [0, 0.05) is 31.7 Å². The first-order valence-corrected chi connectivity index (χ1v) is 7.57. The van der Waals surface area contributed by atoms with Crippen LogP contribution in [0.5, 0.6) is 0 Å². The van der Waals surface area contributed by atoms with Crippen molar-refractivity contribution in [3.05, 3.63) is 64.9 Å². The number of piperazine rings is 1. The number of benzene rings is 2. The largest absolute Gasteiger partial charge is 0.367 e. The third kappa shape index (κ3) is 3.07. The van der Waals surface area contributed by atoms with Gasteiger partial charge in [0.1, 0.15) is 5.82 Å². The van der Waals surface area contributed by atoms with E-state index in [-0.39, 0.29) is 11.7 Å². The SMILES string of the molecule is O=C(c1ccc(F)cc1)N1CCN(c2ccccc2Cl)CC1. The molecule has 0 aliphatic carbocycles. The van der Waals surface area contributed by atoms with Crippen LogP contribution in [0.2, 0.25) is 5.02 Å². The van der Waals surface area contributed by atoms with Gasteiger partial charge in [-0.3, -0.25) is 4.79 Å². The summed E-state index contributed by atoms with van der Waals surface area (Å²) in [6.45, 7) is 2.72. The first-order valence-electron chi connectivity index (χ1n) is 7.19. The molecule has 0 radical (unpaired) electrons. The van der Waals surface area contributed by atoms with Crippen molar-refractivity contribution in [3.63, 3.8) is 0 Å². The minimum Gasteiger partial charge on any atom is -0.367 e. The van der Waals surface area contributed by atoms with Crippen LogP contribution in [0.15, 0.2) is 48.5 Å². The number of carbonyl (C=O) groups is 1. The second-order valence-corrected chi connectivity index (χ2v) is 5.64. The van der Waals surface area contributed by atoms with E-state index in [2.05, 4.69) is 4.90 Å². The van der Waals surface area contributed by atoms with E-state index in [4.69, 9.17) is 11.6 Å². The molecular weight excluding hydrogens is 303 g/mol. The number of para-hydroxylation sites is 1. The topological polar surface area (TPSA) is 23.6 Å². The van der Waals surface area contributed by atoms with E-state index < -0.39 is 0 Å². The molecule has 0 aromatic heterocycles. The Morgan fingerprint density at radius 3 is 2.23 bits per heavy atom. The van der Waals surface area contributed by atoms with Gasteiger partial charge in [0.25, 0.3) is 5.91 Å². The lowest BCUT2D eigenvalue weighted by Crippen LogP contribution is -2.48. The van der Waals surface area contributed by atoms with Gasteiger partial charge < -0.3 is 9.80 Å². The summed E-state index contributed by atoms with van der Waals surface area (Å²) in [5.41, 5.74) is 1.52. The average Bonchev–Trinajstić information content (AvgIpc) is 2.56. The van der Waals surface area contributed by atoms with E-state index in [0.29, 0.717) is 18.7 Å². The number of anilines is 1. The maximum atomic E-state index is 12.9. The van der Waals surface area contributed by atoms with Crippen LogP contribution < -0.4 is 4.90 Å². The van der Waals surface area contributed by atoms with Crippen molar-refractivity contribution in [3.8, 4) is 0 Å². The number of carbonyl (C=O) groups excluding carboxylic acids is 1. The molecule has 3 rings (SSSR count). The van der Waals surface area contributed by atoms with Gasteiger partial charge in [-0.1, -0.05) is 23.7 Å². The molecule has 1 fully saturated rings. The minimum absolute atomic E-state index is 0.0567. The zero-order chi connectivity index (χ0) is 15.5. The number of hydrogen-bond acceptors (Lipinski definition) is 2. The summed E-state index contributed by atoms with van der Waals surface area (Å²) < 4.78 is 12.9. The molecule has 1 heterocycles. The van der Waals surface area contributed by atoms with Crippen LogP contribution in [0.4, 0.5) is 10.1 Å². The molecule has 0 saturated carbocycles. The molecule has 1 amide bonds. The van der Waals surface area contributed by atoms with Gasteiger partial charge in [-0.25, -0.2) is 4.39 Å². The molecule has 0 unspecified atom stereocenters. The van der Waals surface area contributed by atoms with Crippen molar-refractivity contribution >= 4 is 23.2 Å². The molecule has 2 aromatic carbocycles. The van der Waals surface area contributed by atoms with Crippen LogP contribution in [0.1, 0.15) is 10.4 Å². The van der Waals surface area contributed by atoms with Gasteiger partial charge in [-0.2, -0.15) is 0 Å². The normalized spacial score (nSPS) is 15.0. The molecule has 0 bridgehead atoms. The standard InChI is InChI=1S/C17H16ClFN2O/c18-15-3-1-2-4-16(15)20-9-11-21(12-10-20)17(22)13-5-7-14(19)8-6-13/h1-8H,9-12H2. The summed E-state index contributed by atoms with van der Waals surface area (Å²) >= 11 is 6.21. The Morgan fingerprint density at radius 1 is 0.955 bits per heavy atom. The summed E-state index contributed by atoms with van der Waals surface area (Å²) in [6.07, 6.45) is 0. The van der Waals surface area contributed by atoms with Crippen molar-refractivity contribution in [1.29, 1.82) is 0 Å². The predicted octanol–water partition coefficient (Wildman–Crippen LogP) is 3.44. The number of halogens is 2. The molecule has 0 N–H and O–H groups in total. The Hall–Kier alpha value is -2.07. The van der Waals surface area contributed by atoms with Crippen LogP contribution in [0, 0.1) is 5.82 Å². The van der Waals surface area contributed by atoms with Gasteiger partial charge in [-0.05, 0) is 36.4 Å². The second-order valence-electron chi connectivity index (χ2n) is 5.24. The summed E-state index contributed by atoms with van der Waals surface area (Å²) in [6, 6.07) is 13.4. The lowest BCUT2D eigenvalue weighted by molar-refractivity contribution is 0.0747. The predicted molar refractivity (Wildman–Crippen MR) is 86.0 cm³/mol. The molecule has 5 heteroatoms. The quantitative estimate of drug-likeness (QED) is 0.847. The van der Waals surface area contributed by atoms with E-state index in [1.165, 1.54) is 24.3 Å². The van der Waals surface area contributed by atoms with Crippen molar-refractivity contribution < 1.29 is 9.18 Å². The van der Waals surface area contributed by atoms with Crippen LogP contribution in [0.3, 0.4) is 0 Å². The molecule has 22 heavy (non-hydrogen) atoms. The van der Waals surface area contributed by atoms with E-state index in [1.54, 1.807) is 4.90 Å². The summed E-state index contributed by atoms with van der Waals surface area (Å²) in [5.74, 6) is -0.390. The molecule has 2 aromatic rings. The summed E-state index contributed by atoms with van der Waals surface area (Å²) in [7, 11) is 0. The third-order valence-corrected chi connectivity index (χ3v) is 4.17. The molecule has 114 valence electrons. The van der Waals surface area contributed by atoms with E-state index in [9.17, 15) is 9.18 Å². The Balaban J connectivity index is 1.65. The van der Waals surface area contributed by atoms with Crippen molar-refractivity contribution in [2.45, 2.75) is 0 Å². The minimum atomic E-state index is -0.333. The monoisotopic (exact) mass is 318 g/mol. The Labute approximate surface area is 133 Å². The summed E-state index contributed by atoms with van der Waals surface area (Å²) in [4.78, 5) is 16.3. The lowest BCUT2D eigenvalue weighted by atomic mass is 10.1. The second kappa shape index (κ2) is 6.36. The van der Waals surface area contributed by atoms with Gasteiger partial charge in [-0.15, -0.1) is 0 Å². The zero-order valence-electron chi connectivity index (χ0n) is 12.0. The van der Waals surface area contributed by atoms with Crippen molar-refractivity contribution in [2.75, 3.05) is 31.1 Å². The summed E-state index contributed by atoms with van der Waals surface area (Å²) in [5, 5.41) is 0.723. The Bertz CT molecular complexity index is 667. The number of nitrogens with zero attached hydrogens (tertiary/aromatic N) is 2. The van der Waals surface area contributed by atoms with Gasteiger partial charge >= 0.3 is 0 Å². The fourth-order valence-electron chi connectivity index (χ4n) is 2.63. The zero-order valence-corrected chi connectivity index (χ0v) is 12.8. The van der Waals surface area contributed by atoms with Crippen LogP contribution in [-0.2, 0) is 0 Å². The first-order chi connectivity index (χ1) is 10.6. The molecular formula is C17H16ClFN2O. The lowest BCUT2D eigenvalue weighted by Gasteiger charge is -2.36. The molecule has 1 aliphatic heterocycles. The maximum Gasteiger partial charge on any atom is 0.253 e. The molecule has 3 nitrogen and oxygen atoms in total.